The molecule has 142 valence electrons. The van der Waals surface area contributed by atoms with E-state index in [0.29, 0.717) is 11.2 Å². The van der Waals surface area contributed by atoms with Gasteiger partial charge in [-0.25, -0.2) is 9.59 Å². The Labute approximate surface area is 174 Å². The van der Waals surface area contributed by atoms with Crippen molar-refractivity contribution in [2.75, 3.05) is 0 Å². The number of halogens is 1. The van der Waals surface area contributed by atoms with E-state index in [1.54, 1.807) is 12.1 Å². The molecular formula is C24H15BrO4. The first-order valence-electron chi connectivity index (χ1n) is 8.88. The summed E-state index contributed by atoms with van der Waals surface area (Å²) in [6.07, 6.45) is 0. The minimum absolute atomic E-state index is 0.302. The van der Waals surface area contributed by atoms with E-state index in [1.807, 2.05) is 66.7 Å². The van der Waals surface area contributed by atoms with E-state index < -0.39 is 0 Å². The quantitative estimate of drug-likeness (QED) is 0.295. The molecule has 0 saturated heterocycles. The predicted molar refractivity (Wildman–Crippen MR) is 118 cm³/mol. The molecular weight excluding hydrogens is 432 g/mol. The molecule has 5 rings (SSSR count). The normalized spacial score (nSPS) is 10.5. The van der Waals surface area contributed by atoms with E-state index in [-0.39, 0.29) is 11.3 Å². The van der Waals surface area contributed by atoms with Gasteiger partial charge in [-0.05, 0) is 41.5 Å². The highest BCUT2D eigenvalue weighted by Crippen LogP contribution is 2.28. The molecule has 4 nitrogen and oxygen atoms in total. The van der Waals surface area contributed by atoms with Gasteiger partial charge >= 0.3 is 11.3 Å². The second-order valence-corrected chi connectivity index (χ2v) is 7.19. The lowest BCUT2D eigenvalue weighted by atomic mass is 10.0. The fraction of sp³-hybridized carbons (Fsp3) is 0. The summed E-state index contributed by atoms with van der Waals surface area (Å²) in [4.78, 5) is 22.3. The Morgan fingerprint density at radius 3 is 2.17 bits per heavy atom. The maximum atomic E-state index is 11.6. The standard InChI is InChI=1S/C15H9BrO2.C9H6O2/c16-11-6-7-12-13(10-4-2-1-3-5-10)9-15(17)18-14(12)8-11;10-9-6-5-7-3-1-2-4-8(7)11-9/h1-9H;1-6H. The Morgan fingerprint density at radius 2 is 1.34 bits per heavy atom. The van der Waals surface area contributed by atoms with Crippen LogP contribution >= 0.6 is 15.9 Å². The third-order valence-electron chi connectivity index (χ3n) is 4.32. The van der Waals surface area contributed by atoms with Gasteiger partial charge in [-0.3, -0.25) is 0 Å². The average molecular weight is 447 g/mol. The molecule has 0 fully saturated rings. The second kappa shape index (κ2) is 8.29. The van der Waals surface area contributed by atoms with Crippen molar-refractivity contribution >= 4 is 37.9 Å². The summed E-state index contributed by atoms with van der Waals surface area (Å²) < 4.78 is 11.0. The summed E-state index contributed by atoms with van der Waals surface area (Å²) in [6, 6.07) is 27.6. The first-order valence-corrected chi connectivity index (χ1v) is 9.67. The number of benzene rings is 3. The topological polar surface area (TPSA) is 60.4 Å². The van der Waals surface area contributed by atoms with E-state index in [9.17, 15) is 9.59 Å². The van der Waals surface area contributed by atoms with Crippen LogP contribution in [-0.2, 0) is 0 Å². The Kier molecular flexibility index (Phi) is 5.40. The van der Waals surface area contributed by atoms with Crippen LogP contribution < -0.4 is 11.3 Å². The number of fused-ring (bicyclic) bond motifs is 2. The van der Waals surface area contributed by atoms with Crippen LogP contribution in [0.25, 0.3) is 33.1 Å². The first kappa shape index (κ1) is 18.9. The molecule has 0 saturated carbocycles. The maximum Gasteiger partial charge on any atom is 0.336 e. The molecule has 0 aliphatic carbocycles. The summed E-state index contributed by atoms with van der Waals surface area (Å²) in [5, 5.41) is 1.89. The van der Waals surface area contributed by atoms with Gasteiger partial charge in [0.15, 0.2) is 0 Å². The summed E-state index contributed by atoms with van der Waals surface area (Å²) >= 11 is 3.38. The number of rotatable bonds is 1. The average Bonchev–Trinajstić information content (AvgIpc) is 2.74. The van der Waals surface area contributed by atoms with Gasteiger partial charge in [0.1, 0.15) is 11.2 Å². The van der Waals surface area contributed by atoms with E-state index in [0.717, 1.165) is 26.4 Å². The van der Waals surface area contributed by atoms with E-state index in [2.05, 4.69) is 15.9 Å². The third-order valence-corrected chi connectivity index (χ3v) is 4.81. The Morgan fingerprint density at radius 1 is 0.621 bits per heavy atom. The smallest absolute Gasteiger partial charge is 0.336 e. The molecule has 0 amide bonds. The lowest BCUT2D eigenvalue weighted by molar-refractivity contribution is 0.561. The van der Waals surface area contributed by atoms with Crippen LogP contribution in [0.4, 0.5) is 0 Å². The summed E-state index contributed by atoms with van der Waals surface area (Å²) in [5.41, 5.74) is 2.51. The number of hydrogen-bond donors (Lipinski definition) is 0. The van der Waals surface area contributed by atoms with Gasteiger partial charge in [-0.15, -0.1) is 0 Å². The van der Waals surface area contributed by atoms with Gasteiger partial charge in [0.25, 0.3) is 0 Å². The van der Waals surface area contributed by atoms with Gasteiger partial charge in [-0.2, -0.15) is 0 Å². The van der Waals surface area contributed by atoms with Crippen LogP contribution in [-0.4, -0.2) is 0 Å². The van der Waals surface area contributed by atoms with E-state index >= 15 is 0 Å². The molecule has 0 radical (unpaired) electrons. The number of para-hydroxylation sites is 1. The van der Waals surface area contributed by atoms with E-state index in [4.69, 9.17) is 8.83 Å². The number of hydrogen-bond acceptors (Lipinski definition) is 4. The fourth-order valence-corrected chi connectivity index (χ4v) is 3.34. The van der Waals surface area contributed by atoms with Gasteiger partial charge in [0.2, 0.25) is 0 Å². The van der Waals surface area contributed by atoms with Crippen molar-refractivity contribution in [3.05, 3.63) is 116 Å². The molecule has 2 aromatic heterocycles. The Bertz CT molecular complexity index is 1400. The highest BCUT2D eigenvalue weighted by molar-refractivity contribution is 9.10. The van der Waals surface area contributed by atoms with Gasteiger partial charge in [0, 0.05) is 27.4 Å². The molecule has 5 heteroatoms. The van der Waals surface area contributed by atoms with Crippen LogP contribution in [0.3, 0.4) is 0 Å². The van der Waals surface area contributed by atoms with Crippen molar-refractivity contribution in [3.63, 3.8) is 0 Å². The fourth-order valence-electron chi connectivity index (χ4n) is 3.00. The molecule has 0 N–H and O–H groups in total. The monoisotopic (exact) mass is 446 g/mol. The van der Waals surface area contributed by atoms with Crippen molar-refractivity contribution in [3.8, 4) is 11.1 Å². The Balaban J connectivity index is 0.000000159. The molecule has 0 aliphatic rings. The molecule has 5 aromatic rings. The largest absolute Gasteiger partial charge is 0.423 e. The SMILES string of the molecule is O=c1cc(-c2ccccc2)c2ccc(Br)cc2o1.O=c1ccc2ccccc2o1. The summed E-state index contributed by atoms with van der Waals surface area (Å²) in [6.45, 7) is 0. The van der Waals surface area contributed by atoms with Gasteiger partial charge < -0.3 is 8.83 Å². The maximum absolute atomic E-state index is 11.6. The minimum atomic E-state index is -0.334. The summed E-state index contributed by atoms with van der Waals surface area (Å²) in [7, 11) is 0. The van der Waals surface area contributed by atoms with Crippen LogP contribution in [0.5, 0.6) is 0 Å². The van der Waals surface area contributed by atoms with Crippen molar-refractivity contribution in [2.24, 2.45) is 0 Å². The highest BCUT2D eigenvalue weighted by Gasteiger charge is 2.07. The molecule has 0 bridgehead atoms. The Hall–Kier alpha value is -3.44. The minimum Gasteiger partial charge on any atom is -0.423 e. The summed E-state index contributed by atoms with van der Waals surface area (Å²) in [5.74, 6) is 0. The lowest BCUT2D eigenvalue weighted by Crippen LogP contribution is -1.97. The molecule has 0 spiro atoms. The van der Waals surface area contributed by atoms with Crippen LogP contribution in [0.1, 0.15) is 0 Å². The molecule has 29 heavy (non-hydrogen) atoms. The molecule has 0 unspecified atom stereocenters. The molecule has 0 aliphatic heterocycles. The van der Waals surface area contributed by atoms with Gasteiger partial charge in [-0.1, -0.05) is 64.5 Å². The van der Waals surface area contributed by atoms with Crippen LogP contribution in [0.2, 0.25) is 0 Å². The van der Waals surface area contributed by atoms with Crippen molar-refractivity contribution < 1.29 is 8.83 Å². The second-order valence-electron chi connectivity index (χ2n) is 6.28. The van der Waals surface area contributed by atoms with Crippen molar-refractivity contribution in [2.45, 2.75) is 0 Å². The third kappa shape index (κ3) is 4.36. The molecule has 2 heterocycles. The van der Waals surface area contributed by atoms with E-state index in [1.165, 1.54) is 12.1 Å². The zero-order valence-corrected chi connectivity index (χ0v) is 16.8. The zero-order valence-electron chi connectivity index (χ0n) is 15.2. The van der Waals surface area contributed by atoms with Gasteiger partial charge in [0.05, 0.1) is 0 Å². The van der Waals surface area contributed by atoms with Crippen LogP contribution in [0.15, 0.2) is 114 Å². The lowest BCUT2D eigenvalue weighted by Gasteiger charge is -2.05. The highest BCUT2D eigenvalue weighted by atomic mass is 79.9. The van der Waals surface area contributed by atoms with Crippen molar-refractivity contribution in [1.29, 1.82) is 0 Å². The zero-order chi connectivity index (χ0) is 20.2. The molecule has 0 atom stereocenters. The predicted octanol–water partition coefficient (Wildman–Crippen LogP) is 6.02. The van der Waals surface area contributed by atoms with Crippen molar-refractivity contribution in [1.82, 2.24) is 0 Å². The molecule has 3 aromatic carbocycles. The first-order chi connectivity index (χ1) is 14.1. The van der Waals surface area contributed by atoms with Crippen LogP contribution in [0, 0.1) is 0 Å².